The molecule has 0 bridgehead atoms. The van der Waals surface area contributed by atoms with Crippen LogP contribution < -0.4 is 25.2 Å². The van der Waals surface area contributed by atoms with E-state index in [1.165, 1.54) is 6.20 Å². The van der Waals surface area contributed by atoms with Crippen LogP contribution in [0.4, 0.5) is 5.69 Å². The summed E-state index contributed by atoms with van der Waals surface area (Å²) in [4.78, 5) is 28.5. The Bertz CT molecular complexity index is 1080. The molecule has 1 aliphatic rings. The van der Waals surface area contributed by atoms with E-state index in [2.05, 4.69) is 15.4 Å². The molecule has 0 fully saturated rings. The maximum absolute atomic E-state index is 12.2. The van der Waals surface area contributed by atoms with Crippen molar-refractivity contribution >= 4 is 11.6 Å². The zero-order valence-electron chi connectivity index (χ0n) is 14.9. The first kappa shape index (κ1) is 17.5. The number of hydrogen-bond acceptors (Lipinski definition) is 7. The molecular formula is C19H16N4O5. The summed E-state index contributed by atoms with van der Waals surface area (Å²) in [6.07, 6.45) is 1.44. The van der Waals surface area contributed by atoms with E-state index in [4.69, 9.17) is 14.2 Å². The van der Waals surface area contributed by atoms with Gasteiger partial charge < -0.3 is 19.5 Å². The molecule has 1 aromatic heterocycles. The third kappa shape index (κ3) is 3.63. The van der Waals surface area contributed by atoms with Crippen LogP contribution in [0, 0.1) is 0 Å². The second-order valence-electron chi connectivity index (χ2n) is 5.93. The first-order valence-electron chi connectivity index (χ1n) is 8.40. The van der Waals surface area contributed by atoms with E-state index < -0.39 is 11.6 Å². The van der Waals surface area contributed by atoms with Gasteiger partial charge in [0.2, 0.25) is 12.7 Å². The highest BCUT2D eigenvalue weighted by atomic mass is 16.7. The molecule has 0 radical (unpaired) electrons. The smallest absolute Gasteiger partial charge is 0.365 e. The minimum absolute atomic E-state index is 0.151. The van der Waals surface area contributed by atoms with Gasteiger partial charge in [0.1, 0.15) is 12.3 Å². The molecule has 0 spiro atoms. The van der Waals surface area contributed by atoms with E-state index in [0.29, 0.717) is 28.6 Å². The largest absolute Gasteiger partial charge is 0.497 e. The second kappa shape index (κ2) is 7.39. The minimum Gasteiger partial charge on any atom is -0.497 e. The fraction of sp³-hybridized carbons (Fsp3) is 0.158. The number of rotatable bonds is 5. The van der Waals surface area contributed by atoms with E-state index >= 15 is 0 Å². The van der Waals surface area contributed by atoms with Gasteiger partial charge >= 0.3 is 5.69 Å². The van der Waals surface area contributed by atoms with Crippen LogP contribution in [0.2, 0.25) is 0 Å². The van der Waals surface area contributed by atoms with E-state index in [-0.39, 0.29) is 13.3 Å². The molecule has 0 saturated carbocycles. The number of carbonyl (C=O) groups excluding carboxylic acids is 1. The summed E-state index contributed by atoms with van der Waals surface area (Å²) in [6.45, 7) is -0.110. The Hall–Kier alpha value is -3.88. The normalized spacial score (nSPS) is 11.9. The third-order valence-electron chi connectivity index (χ3n) is 4.09. The summed E-state index contributed by atoms with van der Waals surface area (Å²) in [7, 11) is 1.57. The molecule has 142 valence electrons. The van der Waals surface area contributed by atoms with Gasteiger partial charge in [-0.25, -0.2) is 9.48 Å². The van der Waals surface area contributed by atoms with Crippen molar-refractivity contribution in [1.82, 2.24) is 14.8 Å². The van der Waals surface area contributed by atoms with Crippen LogP contribution in [0.15, 0.2) is 53.5 Å². The van der Waals surface area contributed by atoms with Crippen LogP contribution in [0.1, 0.15) is 0 Å². The Morgan fingerprint density at radius 2 is 1.96 bits per heavy atom. The molecule has 2 aromatic carbocycles. The monoisotopic (exact) mass is 380 g/mol. The Labute approximate surface area is 159 Å². The van der Waals surface area contributed by atoms with E-state index in [1.807, 2.05) is 0 Å². The standard InChI is InChI=1S/C19H16N4O5/c1-26-14-5-2-12(3-6-14)15-9-20-23(19(25)22-15)10-18(24)21-13-4-7-16-17(8-13)28-11-27-16/h2-9H,10-11H2,1H3,(H,21,24). The lowest BCUT2D eigenvalue weighted by Gasteiger charge is -2.08. The van der Waals surface area contributed by atoms with Gasteiger partial charge in [-0.2, -0.15) is 10.1 Å². The zero-order chi connectivity index (χ0) is 19.5. The minimum atomic E-state index is -0.617. The van der Waals surface area contributed by atoms with Crippen LogP contribution in [-0.2, 0) is 11.3 Å². The average molecular weight is 380 g/mol. The van der Waals surface area contributed by atoms with E-state index in [9.17, 15) is 9.59 Å². The second-order valence-corrected chi connectivity index (χ2v) is 5.93. The fourth-order valence-electron chi connectivity index (χ4n) is 2.68. The number of methoxy groups -OCH3 is 1. The van der Waals surface area contributed by atoms with Crippen molar-refractivity contribution in [3.8, 4) is 28.5 Å². The molecule has 0 saturated heterocycles. The number of nitrogens with zero attached hydrogens (tertiary/aromatic N) is 3. The van der Waals surface area contributed by atoms with Gasteiger partial charge in [0, 0.05) is 17.3 Å². The molecule has 4 rings (SSSR count). The summed E-state index contributed by atoms with van der Waals surface area (Å²) < 4.78 is 16.6. The van der Waals surface area contributed by atoms with Gasteiger partial charge in [-0.1, -0.05) is 0 Å². The van der Waals surface area contributed by atoms with Crippen LogP contribution in [-0.4, -0.2) is 34.6 Å². The molecule has 1 aliphatic heterocycles. The topological polar surface area (TPSA) is 105 Å². The summed E-state index contributed by atoms with van der Waals surface area (Å²) in [5.41, 5.74) is 1.06. The number of hydrogen-bond donors (Lipinski definition) is 1. The molecule has 3 aromatic rings. The van der Waals surface area contributed by atoms with Crippen molar-refractivity contribution in [2.24, 2.45) is 0 Å². The SMILES string of the molecule is COc1ccc(-c2cnn(CC(=O)Nc3ccc4c(c3)OCO4)c(=O)n2)cc1. The van der Waals surface area contributed by atoms with E-state index in [0.717, 1.165) is 10.2 Å². The van der Waals surface area contributed by atoms with Crippen LogP contribution >= 0.6 is 0 Å². The predicted molar refractivity (Wildman–Crippen MR) is 99.5 cm³/mol. The van der Waals surface area contributed by atoms with Crippen LogP contribution in [0.5, 0.6) is 17.2 Å². The lowest BCUT2D eigenvalue weighted by Crippen LogP contribution is -2.31. The maximum Gasteiger partial charge on any atom is 0.365 e. The molecule has 0 aliphatic carbocycles. The lowest BCUT2D eigenvalue weighted by atomic mass is 10.1. The van der Waals surface area contributed by atoms with Gasteiger partial charge in [-0.3, -0.25) is 4.79 Å². The van der Waals surface area contributed by atoms with Crippen molar-refractivity contribution in [1.29, 1.82) is 0 Å². The molecule has 0 atom stereocenters. The molecule has 9 heteroatoms. The highest BCUT2D eigenvalue weighted by Crippen LogP contribution is 2.34. The summed E-state index contributed by atoms with van der Waals surface area (Å²) in [5, 5.41) is 6.73. The maximum atomic E-state index is 12.2. The number of amides is 1. The highest BCUT2D eigenvalue weighted by molar-refractivity contribution is 5.90. The van der Waals surface area contributed by atoms with Crippen molar-refractivity contribution in [3.05, 3.63) is 59.1 Å². The number of carbonyl (C=O) groups is 1. The van der Waals surface area contributed by atoms with Crippen molar-refractivity contribution in [3.63, 3.8) is 0 Å². The fourth-order valence-corrected chi connectivity index (χ4v) is 2.68. The first-order chi connectivity index (χ1) is 13.6. The average Bonchev–Trinajstić information content (AvgIpc) is 3.17. The van der Waals surface area contributed by atoms with E-state index in [1.54, 1.807) is 49.6 Å². The molecule has 1 amide bonds. The van der Waals surface area contributed by atoms with Gasteiger partial charge in [0.25, 0.3) is 0 Å². The molecule has 2 heterocycles. The van der Waals surface area contributed by atoms with Gasteiger partial charge in [-0.05, 0) is 36.4 Å². The number of nitrogens with one attached hydrogen (secondary N) is 1. The molecule has 9 nitrogen and oxygen atoms in total. The molecule has 1 N–H and O–H groups in total. The molecule has 0 unspecified atom stereocenters. The third-order valence-corrected chi connectivity index (χ3v) is 4.09. The van der Waals surface area contributed by atoms with Crippen molar-refractivity contribution < 1.29 is 19.0 Å². The molecule has 28 heavy (non-hydrogen) atoms. The summed E-state index contributed by atoms with van der Waals surface area (Å²) >= 11 is 0. The Morgan fingerprint density at radius 3 is 2.71 bits per heavy atom. The number of fused-ring (bicyclic) bond motifs is 1. The van der Waals surface area contributed by atoms with Crippen LogP contribution in [0.25, 0.3) is 11.3 Å². The highest BCUT2D eigenvalue weighted by Gasteiger charge is 2.15. The number of anilines is 1. The zero-order valence-corrected chi connectivity index (χ0v) is 14.9. The quantitative estimate of drug-likeness (QED) is 0.718. The Kier molecular flexibility index (Phi) is 4.63. The Morgan fingerprint density at radius 1 is 1.18 bits per heavy atom. The van der Waals surface area contributed by atoms with Gasteiger partial charge in [0.05, 0.1) is 19.0 Å². The summed E-state index contributed by atoms with van der Waals surface area (Å²) in [5.74, 6) is 1.46. The number of aromatic nitrogens is 3. The number of benzene rings is 2. The lowest BCUT2D eigenvalue weighted by molar-refractivity contribution is -0.117. The first-order valence-corrected chi connectivity index (χ1v) is 8.40. The Balaban J connectivity index is 1.45. The van der Waals surface area contributed by atoms with Crippen LogP contribution in [0.3, 0.4) is 0 Å². The summed E-state index contributed by atoms with van der Waals surface area (Å²) in [6, 6.07) is 12.1. The van der Waals surface area contributed by atoms with Gasteiger partial charge in [-0.15, -0.1) is 0 Å². The molecular weight excluding hydrogens is 364 g/mol. The predicted octanol–water partition coefficient (Wildman–Crippen LogP) is 1.68. The number of ether oxygens (including phenoxy) is 3. The van der Waals surface area contributed by atoms with Crippen molar-refractivity contribution in [2.45, 2.75) is 6.54 Å². The van der Waals surface area contributed by atoms with Gasteiger partial charge in [0.15, 0.2) is 11.5 Å². The van der Waals surface area contributed by atoms with Crippen molar-refractivity contribution in [2.75, 3.05) is 19.2 Å².